The molecule has 0 aromatic heterocycles. The summed E-state index contributed by atoms with van der Waals surface area (Å²) in [5.41, 5.74) is 0. The van der Waals surface area contributed by atoms with Gasteiger partial charge in [0.15, 0.2) is 0 Å². The standard InChI is InChI=1S/C13H22N2O4S/c1-3-15(11-7-19-6-10(11)12(16)17)13(18)14(2)9-4-5-20-8-9/h9-11H,3-8H2,1-2H3,(H,16,17). The van der Waals surface area contributed by atoms with Gasteiger partial charge in [-0.15, -0.1) is 0 Å². The summed E-state index contributed by atoms with van der Waals surface area (Å²) in [7, 11) is 1.81. The molecule has 1 N–H and O–H groups in total. The highest BCUT2D eigenvalue weighted by molar-refractivity contribution is 7.99. The molecule has 0 radical (unpaired) electrons. The van der Waals surface area contributed by atoms with Crippen molar-refractivity contribution in [2.45, 2.75) is 25.4 Å². The lowest BCUT2D eigenvalue weighted by molar-refractivity contribution is -0.142. The number of hydrogen-bond acceptors (Lipinski definition) is 4. The first-order valence-corrected chi connectivity index (χ1v) is 8.13. The van der Waals surface area contributed by atoms with Crippen molar-refractivity contribution in [2.24, 2.45) is 5.92 Å². The van der Waals surface area contributed by atoms with Crippen LogP contribution in [0.2, 0.25) is 0 Å². The zero-order valence-corrected chi connectivity index (χ0v) is 12.8. The molecule has 0 spiro atoms. The normalized spacial score (nSPS) is 29.4. The highest BCUT2D eigenvalue weighted by Crippen LogP contribution is 2.25. The van der Waals surface area contributed by atoms with Crippen LogP contribution in [0.5, 0.6) is 0 Å². The zero-order valence-electron chi connectivity index (χ0n) is 11.9. The second-order valence-electron chi connectivity index (χ2n) is 5.25. The van der Waals surface area contributed by atoms with Gasteiger partial charge in [-0.1, -0.05) is 0 Å². The number of nitrogens with zero attached hydrogens (tertiary/aromatic N) is 2. The second-order valence-corrected chi connectivity index (χ2v) is 6.40. The van der Waals surface area contributed by atoms with Crippen LogP contribution in [0, 0.1) is 5.92 Å². The topological polar surface area (TPSA) is 70.1 Å². The van der Waals surface area contributed by atoms with E-state index in [2.05, 4.69) is 0 Å². The minimum Gasteiger partial charge on any atom is -0.481 e. The molecular weight excluding hydrogens is 280 g/mol. The monoisotopic (exact) mass is 302 g/mol. The molecule has 2 aliphatic heterocycles. The Morgan fingerprint density at radius 2 is 2.15 bits per heavy atom. The molecular formula is C13H22N2O4S. The van der Waals surface area contributed by atoms with E-state index >= 15 is 0 Å². The van der Waals surface area contributed by atoms with Crippen molar-refractivity contribution in [3.8, 4) is 0 Å². The van der Waals surface area contributed by atoms with Crippen LogP contribution in [0.15, 0.2) is 0 Å². The molecule has 6 nitrogen and oxygen atoms in total. The van der Waals surface area contributed by atoms with Crippen molar-refractivity contribution in [3.05, 3.63) is 0 Å². The van der Waals surface area contributed by atoms with E-state index in [1.54, 1.807) is 9.80 Å². The van der Waals surface area contributed by atoms with Crippen molar-refractivity contribution >= 4 is 23.8 Å². The molecule has 2 amide bonds. The third-order valence-electron chi connectivity index (χ3n) is 4.11. The molecule has 2 heterocycles. The highest BCUT2D eigenvalue weighted by Gasteiger charge is 2.41. The van der Waals surface area contributed by atoms with Gasteiger partial charge in [-0.05, 0) is 19.1 Å². The van der Waals surface area contributed by atoms with Gasteiger partial charge < -0.3 is 19.6 Å². The summed E-state index contributed by atoms with van der Waals surface area (Å²) >= 11 is 1.85. The molecule has 0 saturated carbocycles. The largest absolute Gasteiger partial charge is 0.481 e. The summed E-state index contributed by atoms with van der Waals surface area (Å²) < 4.78 is 5.27. The Morgan fingerprint density at radius 3 is 2.70 bits per heavy atom. The predicted octanol–water partition coefficient (Wildman–Crippen LogP) is 0.965. The number of carboxylic acid groups (broad SMARTS) is 1. The Balaban J connectivity index is 2.06. The summed E-state index contributed by atoms with van der Waals surface area (Å²) in [5, 5.41) is 9.23. The van der Waals surface area contributed by atoms with Crippen molar-refractivity contribution in [1.29, 1.82) is 0 Å². The fourth-order valence-corrected chi connectivity index (χ4v) is 4.05. The predicted molar refractivity (Wildman–Crippen MR) is 77.0 cm³/mol. The summed E-state index contributed by atoms with van der Waals surface area (Å²) in [6, 6.07) is -0.185. The Morgan fingerprint density at radius 1 is 1.40 bits per heavy atom. The van der Waals surface area contributed by atoms with E-state index in [4.69, 9.17) is 4.74 Å². The first-order valence-electron chi connectivity index (χ1n) is 6.98. The number of thioether (sulfide) groups is 1. The number of carbonyl (C=O) groups excluding carboxylic acids is 1. The molecule has 20 heavy (non-hydrogen) atoms. The number of urea groups is 1. The SMILES string of the molecule is CCN(C(=O)N(C)C1CCSC1)C1COCC1C(=O)O. The van der Waals surface area contributed by atoms with Crippen LogP contribution in [-0.2, 0) is 9.53 Å². The first-order chi connectivity index (χ1) is 9.56. The van der Waals surface area contributed by atoms with Crippen LogP contribution in [-0.4, -0.2) is 77.3 Å². The Bertz CT molecular complexity index is 373. The van der Waals surface area contributed by atoms with E-state index in [1.165, 1.54) is 0 Å². The number of ether oxygens (including phenoxy) is 1. The average Bonchev–Trinajstić information content (AvgIpc) is 3.09. The van der Waals surface area contributed by atoms with Crippen LogP contribution in [0.4, 0.5) is 4.79 Å². The number of likely N-dealkylation sites (N-methyl/N-ethyl adjacent to an activating group) is 1. The number of aliphatic carboxylic acids is 1. The van der Waals surface area contributed by atoms with Gasteiger partial charge >= 0.3 is 12.0 Å². The van der Waals surface area contributed by atoms with Gasteiger partial charge in [-0.25, -0.2) is 4.79 Å². The highest BCUT2D eigenvalue weighted by atomic mass is 32.2. The van der Waals surface area contributed by atoms with Gasteiger partial charge in [-0.2, -0.15) is 11.8 Å². The molecule has 2 fully saturated rings. The molecule has 2 saturated heterocycles. The second kappa shape index (κ2) is 6.67. The van der Waals surface area contributed by atoms with E-state index in [9.17, 15) is 14.7 Å². The number of carboxylic acids is 1. The average molecular weight is 302 g/mol. The van der Waals surface area contributed by atoms with Crippen LogP contribution in [0.25, 0.3) is 0 Å². The van der Waals surface area contributed by atoms with Gasteiger partial charge in [0, 0.05) is 25.4 Å². The van der Waals surface area contributed by atoms with Gasteiger partial charge in [0.25, 0.3) is 0 Å². The van der Waals surface area contributed by atoms with Crippen molar-refractivity contribution in [3.63, 3.8) is 0 Å². The summed E-state index contributed by atoms with van der Waals surface area (Å²) in [4.78, 5) is 27.3. The molecule has 114 valence electrons. The van der Waals surface area contributed by atoms with Crippen molar-refractivity contribution in [1.82, 2.24) is 9.80 Å². The van der Waals surface area contributed by atoms with Gasteiger partial charge in [-0.3, -0.25) is 4.79 Å². The van der Waals surface area contributed by atoms with Crippen molar-refractivity contribution < 1.29 is 19.4 Å². The molecule has 3 unspecified atom stereocenters. The molecule has 3 atom stereocenters. The summed E-state index contributed by atoms with van der Waals surface area (Å²) in [6.07, 6.45) is 1.01. The fraction of sp³-hybridized carbons (Fsp3) is 0.846. The lowest BCUT2D eigenvalue weighted by Crippen LogP contribution is -2.53. The molecule has 0 aromatic rings. The summed E-state index contributed by atoms with van der Waals surface area (Å²) in [5.74, 6) is 0.533. The lowest BCUT2D eigenvalue weighted by atomic mass is 10.0. The van der Waals surface area contributed by atoms with Crippen molar-refractivity contribution in [2.75, 3.05) is 38.3 Å². The molecule has 7 heteroatoms. The maximum Gasteiger partial charge on any atom is 0.320 e. The van der Waals surface area contributed by atoms with Gasteiger partial charge in [0.05, 0.1) is 19.3 Å². The smallest absolute Gasteiger partial charge is 0.320 e. The minimum atomic E-state index is -0.891. The number of amides is 2. The number of hydrogen-bond donors (Lipinski definition) is 1. The number of rotatable bonds is 4. The van der Waals surface area contributed by atoms with E-state index in [0.29, 0.717) is 13.2 Å². The Kier molecular flexibility index (Phi) is 5.15. The van der Waals surface area contributed by atoms with Crippen LogP contribution >= 0.6 is 11.8 Å². The quantitative estimate of drug-likeness (QED) is 0.838. The fourth-order valence-electron chi connectivity index (χ4n) is 2.78. The Hall–Kier alpha value is -0.950. The first kappa shape index (κ1) is 15.4. The van der Waals surface area contributed by atoms with Gasteiger partial charge in [0.1, 0.15) is 5.92 Å². The third kappa shape index (κ3) is 3.03. The molecule has 2 rings (SSSR count). The van der Waals surface area contributed by atoms with E-state index in [0.717, 1.165) is 17.9 Å². The minimum absolute atomic E-state index is 0.0817. The third-order valence-corrected chi connectivity index (χ3v) is 5.25. The number of carbonyl (C=O) groups is 2. The zero-order chi connectivity index (χ0) is 14.7. The van der Waals surface area contributed by atoms with Crippen LogP contribution < -0.4 is 0 Å². The van der Waals surface area contributed by atoms with Crippen LogP contribution in [0.3, 0.4) is 0 Å². The molecule has 0 aromatic carbocycles. The molecule has 2 aliphatic rings. The summed E-state index contributed by atoms with van der Waals surface area (Å²) in [6.45, 7) is 2.88. The lowest BCUT2D eigenvalue weighted by Gasteiger charge is -2.35. The molecule has 0 bridgehead atoms. The maximum absolute atomic E-state index is 12.6. The maximum atomic E-state index is 12.6. The van der Waals surface area contributed by atoms with Crippen LogP contribution in [0.1, 0.15) is 13.3 Å². The Labute approximate surface area is 123 Å². The van der Waals surface area contributed by atoms with E-state index in [-0.39, 0.29) is 24.7 Å². The van der Waals surface area contributed by atoms with E-state index < -0.39 is 11.9 Å². The van der Waals surface area contributed by atoms with E-state index in [1.807, 2.05) is 25.7 Å². The van der Waals surface area contributed by atoms with Gasteiger partial charge in [0.2, 0.25) is 0 Å². The molecule has 0 aliphatic carbocycles.